The van der Waals surface area contributed by atoms with Crippen molar-refractivity contribution in [2.75, 3.05) is 19.0 Å². The van der Waals surface area contributed by atoms with Crippen molar-refractivity contribution in [2.24, 2.45) is 0 Å². The molecular weight excluding hydrogens is 464 g/mol. The molecule has 0 unspecified atom stereocenters. The van der Waals surface area contributed by atoms with E-state index in [2.05, 4.69) is 10.1 Å². The van der Waals surface area contributed by atoms with Gasteiger partial charge in [0.15, 0.2) is 0 Å². The summed E-state index contributed by atoms with van der Waals surface area (Å²) >= 11 is 6.13. The third-order valence-electron chi connectivity index (χ3n) is 5.49. The van der Waals surface area contributed by atoms with Crippen LogP contribution >= 0.6 is 11.6 Å². The zero-order chi connectivity index (χ0) is 23.6. The molecule has 33 heavy (non-hydrogen) atoms. The fraction of sp³-hybridized carbons (Fsp3) is 0.167. The molecule has 3 aromatic carbocycles. The molecule has 0 atom stereocenters. The maximum atomic E-state index is 13.1. The zero-order valence-electron chi connectivity index (χ0n) is 17.7. The molecule has 1 amide bonds. The van der Waals surface area contributed by atoms with E-state index < -0.39 is 21.9 Å². The van der Waals surface area contributed by atoms with E-state index in [-0.39, 0.29) is 26.7 Å². The van der Waals surface area contributed by atoms with Crippen molar-refractivity contribution < 1.29 is 22.7 Å². The molecule has 1 N–H and O–H groups in total. The average molecular weight is 485 g/mol. The Labute approximate surface area is 197 Å². The summed E-state index contributed by atoms with van der Waals surface area (Å²) in [6, 6.07) is 17.9. The van der Waals surface area contributed by atoms with Crippen LogP contribution in [0.4, 0.5) is 5.69 Å². The molecule has 0 spiro atoms. The number of halogens is 1. The lowest BCUT2D eigenvalue weighted by Gasteiger charge is -2.28. The SMILES string of the molecule is COC(=O)c1ccc(Cl)c(NC(=O)c2ccc(S(=O)(=O)N3CCc4ccccc4C3)cc2)c1. The summed E-state index contributed by atoms with van der Waals surface area (Å²) < 4.78 is 32.3. The van der Waals surface area contributed by atoms with E-state index in [1.54, 1.807) is 0 Å². The average Bonchev–Trinajstić information content (AvgIpc) is 2.84. The van der Waals surface area contributed by atoms with Crippen molar-refractivity contribution in [3.8, 4) is 0 Å². The molecule has 1 aliphatic rings. The number of nitrogens with one attached hydrogen (secondary N) is 1. The summed E-state index contributed by atoms with van der Waals surface area (Å²) in [7, 11) is -2.44. The number of rotatable bonds is 5. The van der Waals surface area contributed by atoms with Gasteiger partial charge in [-0.25, -0.2) is 13.2 Å². The highest BCUT2D eigenvalue weighted by Crippen LogP contribution is 2.26. The number of hydrogen-bond donors (Lipinski definition) is 1. The first-order valence-electron chi connectivity index (χ1n) is 10.2. The summed E-state index contributed by atoms with van der Waals surface area (Å²) in [5.74, 6) is -1.05. The van der Waals surface area contributed by atoms with Crippen molar-refractivity contribution in [3.63, 3.8) is 0 Å². The monoisotopic (exact) mass is 484 g/mol. The van der Waals surface area contributed by atoms with Crippen LogP contribution in [0.1, 0.15) is 31.8 Å². The molecule has 0 aliphatic carbocycles. The number of amides is 1. The summed E-state index contributed by atoms with van der Waals surface area (Å²) in [6.45, 7) is 0.715. The lowest BCUT2D eigenvalue weighted by Crippen LogP contribution is -2.35. The summed E-state index contributed by atoms with van der Waals surface area (Å²) in [6.07, 6.45) is 0.654. The van der Waals surface area contributed by atoms with Crippen LogP contribution in [0.15, 0.2) is 71.6 Å². The molecule has 3 aromatic rings. The van der Waals surface area contributed by atoms with Gasteiger partial charge in [-0.05, 0) is 60.0 Å². The Morgan fingerprint density at radius 2 is 1.64 bits per heavy atom. The predicted molar refractivity (Wildman–Crippen MR) is 125 cm³/mol. The van der Waals surface area contributed by atoms with E-state index in [9.17, 15) is 18.0 Å². The molecule has 0 radical (unpaired) electrons. The second-order valence-corrected chi connectivity index (χ2v) is 9.87. The molecule has 4 rings (SSSR count). The fourth-order valence-electron chi connectivity index (χ4n) is 3.66. The third kappa shape index (κ3) is 4.78. The number of hydrogen-bond acceptors (Lipinski definition) is 5. The van der Waals surface area contributed by atoms with Crippen molar-refractivity contribution in [1.82, 2.24) is 4.31 Å². The lowest BCUT2D eigenvalue weighted by molar-refractivity contribution is 0.0600. The quantitative estimate of drug-likeness (QED) is 0.550. The predicted octanol–water partition coefficient (Wildman–Crippen LogP) is 4.13. The number of ether oxygens (including phenoxy) is 1. The first-order chi connectivity index (χ1) is 15.8. The van der Waals surface area contributed by atoms with Crippen molar-refractivity contribution in [2.45, 2.75) is 17.9 Å². The molecule has 170 valence electrons. The lowest BCUT2D eigenvalue weighted by atomic mass is 10.0. The number of sulfonamides is 1. The smallest absolute Gasteiger partial charge is 0.337 e. The number of carbonyl (C=O) groups excluding carboxylic acids is 2. The van der Waals surface area contributed by atoms with Gasteiger partial charge in [-0.3, -0.25) is 4.79 Å². The van der Waals surface area contributed by atoms with Gasteiger partial charge in [0, 0.05) is 18.7 Å². The molecule has 0 saturated carbocycles. The van der Waals surface area contributed by atoms with Crippen LogP contribution in [0.5, 0.6) is 0 Å². The van der Waals surface area contributed by atoms with Gasteiger partial charge in [0.25, 0.3) is 5.91 Å². The number of nitrogens with zero attached hydrogens (tertiary/aromatic N) is 1. The second-order valence-electron chi connectivity index (χ2n) is 7.52. The van der Waals surface area contributed by atoms with E-state index in [0.717, 1.165) is 11.1 Å². The van der Waals surface area contributed by atoms with Gasteiger partial charge in [-0.2, -0.15) is 4.31 Å². The maximum Gasteiger partial charge on any atom is 0.337 e. The van der Waals surface area contributed by atoms with Crippen molar-refractivity contribution in [1.29, 1.82) is 0 Å². The van der Waals surface area contributed by atoms with Crippen LogP contribution in [0.25, 0.3) is 0 Å². The number of anilines is 1. The Kier molecular flexibility index (Phi) is 6.51. The van der Waals surface area contributed by atoms with Crippen LogP contribution in [-0.2, 0) is 27.7 Å². The van der Waals surface area contributed by atoms with Crippen molar-refractivity contribution >= 4 is 39.2 Å². The van der Waals surface area contributed by atoms with Crippen molar-refractivity contribution in [3.05, 3.63) is 94.0 Å². The Bertz CT molecular complexity index is 1320. The molecule has 1 aliphatic heterocycles. The number of benzene rings is 3. The maximum absolute atomic E-state index is 13.1. The highest BCUT2D eigenvalue weighted by atomic mass is 35.5. The van der Waals surface area contributed by atoms with E-state index in [1.165, 1.54) is 53.9 Å². The molecule has 0 fully saturated rings. The first-order valence-corrected chi connectivity index (χ1v) is 12.0. The number of carbonyl (C=O) groups is 2. The molecule has 9 heteroatoms. The standard InChI is InChI=1S/C24H21ClN2O5S/c1-32-24(29)18-8-11-21(25)22(14-18)26-23(28)17-6-9-20(10-7-17)33(30,31)27-13-12-16-4-2-3-5-19(16)15-27/h2-11,14H,12-13,15H2,1H3,(H,26,28). The Balaban J connectivity index is 1.50. The molecule has 7 nitrogen and oxygen atoms in total. The molecule has 1 heterocycles. The van der Waals surface area contributed by atoms with Crippen LogP contribution < -0.4 is 5.32 Å². The second kappa shape index (κ2) is 9.35. The number of esters is 1. The van der Waals surface area contributed by atoms with Crippen LogP contribution in [0.3, 0.4) is 0 Å². The van der Waals surface area contributed by atoms with Crippen LogP contribution in [0.2, 0.25) is 5.02 Å². The minimum Gasteiger partial charge on any atom is -0.465 e. The molecule has 0 bridgehead atoms. The summed E-state index contributed by atoms with van der Waals surface area (Å²) in [5, 5.41) is 2.89. The van der Waals surface area contributed by atoms with E-state index in [0.29, 0.717) is 19.5 Å². The van der Waals surface area contributed by atoms with Gasteiger partial charge >= 0.3 is 5.97 Å². The number of fused-ring (bicyclic) bond motifs is 1. The normalized spacial score (nSPS) is 13.8. The zero-order valence-corrected chi connectivity index (χ0v) is 19.3. The van der Waals surface area contributed by atoms with Crippen LogP contribution in [-0.4, -0.2) is 38.3 Å². The molecule has 0 saturated heterocycles. The van der Waals surface area contributed by atoms with Gasteiger partial charge in [0.1, 0.15) is 0 Å². The number of methoxy groups -OCH3 is 1. The minimum atomic E-state index is -3.70. The van der Waals surface area contributed by atoms with Gasteiger partial charge in [-0.15, -0.1) is 0 Å². The Hall–Kier alpha value is -3.20. The molecular formula is C24H21ClN2O5S. The first kappa shape index (κ1) is 23.0. The third-order valence-corrected chi connectivity index (χ3v) is 7.67. The Morgan fingerprint density at radius 3 is 2.33 bits per heavy atom. The summed E-state index contributed by atoms with van der Waals surface area (Å²) in [4.78, 5) is 24.5. The highest BCUT2D eigenvalue weighted by Gasteiger charge is 2.28. The van der Waals surface area contributed by atoms with Crippen LogP contribution in [0, 0.1) is 0 Å². The largest absolute Gasteiger partial charge is 0.465 e. The topological polar surface area (TPSA) is 92.8 Å². The van der Waals surface area contributed by atoms with Gasteiger partial charge in [0.05, 0.1) is 28.3 Å². The van der Waals surface area contributed by atoms with Gasteiger partial charge in [-0.1, -0.05) is 35.9 Å². The fourth-order valence-corrected chi connectivity index (χ4v) is 5.25. The molecule has 0 aromatic heterocycles. The van der Waals surface area contributed by atoms with Gasteiger partial charge < -0.3 is 10.1 Å². The highest BCUT2D eigenvalue weighted by molar-refractivity contribution is 7.89. The minimum absolute atomic E-state index is 0.115. The Morgan fingerprint density at radius 1 is 0.970 bits per heavy atom. The van der Waals surface area contributed by atoms with E-state index in [1.807, 2.05) is 24.3 Å². The van der Waals surface area contributed by atoms with E-state index >= 15 is 0 Å². The van der Waals surface area contributed by atoms with E-state index in [4.69, 9.17) is 11.6 Å². The van der Waals surface area contributed by atoms with Gasteiger partial charge in [0.2, 0.25) is 10.0 Å². The summed E-state index contributed by atoms with van der Waals surface area (Å²) in [5.41, 5.74) is 2.88.